The van der Waals surface area contributed by atoms with Gasteiger partial charge < -0.3 is 15.0 Å². The van der Waals surface area contributed by atoms with E-state index < -0.39 is 0 Å². The third-order valence-corrected chi connectivity index (χ3v) is 3.66. The van der Waals surface area contributed by atoms with E-state index in [0.717, 1.165) is 45.0 Å². The highest BCUT2D eigenvalue weighted by atomic mass is 16.5. The number of hydrogen-bond donors (Lipinski definition) is 1. The van der Waals surface area contributed by atoms with Crippen LogP contribution in [0.3, 0.4) is 0 Å². The van der Waals surface area contributed by atoms with Gasteiger partial charge in [0.2, 0.25) is 0 Å². The molecule has 21 heavy (non-hydrogen) atoms. The van der Waals surface area contributed by atoms with Crippen LogP contribution in [0.4, 0.5) is 0 Å². The first-order chi connectivity index (χ1) is 10.3. The van der Waals surface area contributed by atoms with E-state index in [-0.39, 0.29) is 0 Å². The molecule has 1 rings (SSSR count). The number of likely N-dealkylation sites (N-methyl/N-ethyl adjacent to an activating group) is 1. The van der Waals surface area contributed by atoms with E-state index in [1.54, 1.807) is 0 Å². The van der Waals surface area contributed by atoms with Crippen LogP contribution in [0.2, 0.25) is 0 Å². The van der Waals surface area contributed by atoms with Crippen molar-refractivity contribution in [3.63, 3.8) is 0 Å². The molecule has 3 nitrogen and oxygen atoms in total. The largest absolute Gasteiger partial charge is 0.492 e. The van der Waals surface area contributed by atoms with Gasteiger partial charge in [-0.3, -0.25) is 0 Å². The summed E-state index contributed by atoms with van der Waals surface area (Å²) in [6.07, 6.45) is 3.68. The van der Waals surface area contributed by atoms with Crippen LogP contribution in [-0.2, 0) is 6.54 Å². The molecule has 0 atom stereocenters. The highest BCUT2D eigenvalue weighted by Gasteiger charge is 2.05. The van der Waals surface area contributed by atoms with Crippen LogP contribution in [0.25, 0.3) is 0 Å². The zero-order valence-corrected chi connectivity index (χ0v) is 14.0. The minimum atomic E-state index is 0.766. The summed E-state index contributed by atoms with van der Waals surface area (Å²) in [5.74, 6) is 1.02. The number of ether oxygens (including phenoxy) is 1. The van der Waals surface area contributed by atoms with Crippen LogP contribution in [0.1, 0.15) is 45.6 Å². The summed E-state index contributed by atoms with van der Waals surface area (Å²) >= 11 is 0. The van der Waals surface area contributed by atoms with Gasteiger partial charge >= 0.3 is 0 Å². The van der Waals surface area contributed by atoms with Crippen LogP contribution >= 0.6 is 0 Å². The van der Waals surface area contributed by atoms with Crippen LogP contribution in [0, 0.1) is 0 Å². The first-order valence-corrected chi connectivity index (χ1v) is 8.45. The molecule has 0 heterocycles. The fourth-order valence-electron chi connectivity index (χ4n) is 2.28. The molecule has 1 N–H and O–H groups in total. The molecule has 1 aromatic carbocycles. The highest BCUT2D eigenvalue weighted by molar-refractivity contribution is 5.33. The van der Waals surface area contributed by atoms with Gasteiger partial charge in [-0.1, -0.05) is 45.4 Å². The molecule has 0 spiro atoms. The molecule has 0 aromatic heterocycles. The average Bonchev–Trinajstić information content (AvgIpc) is 2.52. The molecule has 1 aromatic rings. The first kappa shape index (κ1) is 18.0. The summed E-state index contributed by atoms with van der Waals surface area (Å²) in [4.78, 5) is 2.46. The van der Waals surface area contributed by atoms with E-state index in [2.05, 4.69) is 49.2 Å². The summed E-state index contributed by atoms with van der Waals surface area (Å²) < 4.78 is 6.00. The summed E-state index contributed by atoms with van der Waals surface area (Å²) in [5.41, 5.74) is 1.25. The molecule has 0 saturated carbocycles. The normalized spacial score (nSPS) is 11.0. The summed E-state index contributed by atoms with van der Waals surface area (Å²) in [7, 11) is 0. The quantitative estimate of drug-likeness (QED) is 0.595. The number of nitrogens with zero attached hydrogens (tertiary/aromatic N) is 1. The second kappa shape index (κ2) is 11.6. The Morgan fingerprint density at radius 3 is 2.57 bits per heavy atom. The van der Waals surface area contributed by atoms with Gasteiger partial charge in [0.15, 0.2) is 0 Å². The third kappa shape index (κ3) is 7.49. The predicted octanol–water partition coefficient (Wildman–Crippen LogP) is 3.69. The zero-order chi connectivity index (χ0) is 15.3. The molecule has 0 aliphatic rings. The molecule has 0 fully saturated rings. The smallest absolute Gasteiger partial charge is 0.123 e. The van der Waals surface area contributed by atoms with Gasteiger partial charge in [-0.15, -0.1) is 0 Å². The van der Waals surface area contributed by atoms with E-state index in [4.69, 9.17) is 4.74 Å². The number of hydrogen-bond acceptors (Lipinski definition) is 3. The summed E-state index contributed by atoms with van der Waals surface area (Å²) in [6, 6.07) is 8.35. The van der Waals surface area contributed by atoms with Crippen molar-refractivity contribution in [2.45, 2.75) is 46.6 Å². The van der Waals surface area contributed by atoms with Gasteiger partial charge in [-0.25, -0.2) is 0 Å². The number of para-hydroxylation sites is 1. The topological polar surface area (TPSA) is 24.5 Å². The van der Waals surface area contributed by atoms with E-state index in [1.165, 1.54) is 24.9 Å². The lowest BCUT2D eigenvalue weighted by atomic mass is 10.2. The lowest BCUT2D eigenvalue weighted by molar-refractivity contribution is 0.212. The maximum absolute atomic E-state index is 6.00. The number of unbranched alkanes of at least 4 members (excludes halogenated alkanes) is 1. The van der Waals surface area contributed by atoms with Crippen molar-refractivity contribution in [1.29, 1.82) is 0 Å². The van der Waals surface area contributed by atoms with E-state index in [9.17, 15) is 0 Å². The van der Waals surface area contributed by atoms with Gasteiger partial charge in [-0.2, -0.15) is 0 Å². The molecular formula is C18H32N2O. The van der Waals surface area contributed by atoms with Gasteiger partial charge in [0.05, 0.1) is 0 Å². The highest BCUT2D eigenvalue weighted by Crippen LogP contribution is 2.17. The molecule has 0 amide bonds. The van der Waals surface area contributed by atoms with Crippen molar-refractivity contribution in [2.75, 3.05) is 32.8 Å². The predicted molar refractivity (Wildman–Crippen MR) is 91.0 cm³/mol. The Labute approximate surface area is 130 Å². The minimum Gasteiger partial charge on any atom is -0.492 e. The van der Waals surface area contributed by atoms with Gasteiger partial charge in [-0.05, 0) is 38.5 Å². The number of benzene rings is 1. The maximum Gasteiger partial charge on any atom is 0.123 e. The van der Waals surface area contributed by atoms with Crippen molar-refractivity contribution < 1.29 is 4.74 Å². The molecule has 0 aliphatic heterocycles. The fraction of sp³-hybridized carbons (Fsp3) is 0.667. The van der Waals surface area contributed by atoms with Crippen LogP contribution < -0.4 is 10.1 Å². The van der Waals surface area contributed by atoms with E-state index in [0.29, 0.717) is 0 Å². The Kier molecular flexibility index (Phi) is 9.92. The number of rotatable bonds is 12. The van der Waals surface area contributed by atoms with Crippen molar-refractivity contribution in [1.82, 2.24) is 10.2 Å². The Balaban J connectivity index is 2.39. The Hall–Kier alpha value is -1.06. The third-order valence-electron chi connectivity index (χ3n) is 3.66. The lowest BCUT2D eigenvalue weighted by Gasteiger charge is -2.20. The van der Waals surface area contributed by atoms with Crippen molar-refractivity contribution in [3.05, 3.63) is 29.8 Å². The molecule has 0 aliphatic carbocycles. The van der Waals surface area contributed by atoms with Gasteiger partial charge in [0.25, 0.3) is 0 Å². The van der Waals surface area contributed by atoms with Gasteiger partial charge in [0, 0.05) is 18.7 Å². The Morgan fingerprint density at radius 2 is 1.86 bits per heavy atom. The van der Waals surface area contributed by atoms with Crippen molar-refractivity contribution in [3.8, 4) is 5.75 Å². The molecule has 0 saturated heterocycles. The standard InChI is InChI=1S/C18H32N2O/c1-4-7-13-20(6-3)14-15-21-18-11-9-8-10-17(18)16-19-12-5-2/h8-11,19H,4-7,12-16H2,1-3H3. The van der Waals surface area contributed by atoms with Crippen LogP contribution in [0.15, 0.2) is 24.3 Å². The van der Waals surface area contributed by atoms with Gasteiger partial charge in [0.1, 0.15) is 12.4 Å². The van der Waals surface area contributed by atoms with Crippen molar-refractivity contribution >= 4 is 0 Å². The SMILES string of the molecule is CCCCN(CC)CCOc1ccccc1CNCCC. The molecular weight excluding hydrogens is 260 g/mol. The molecule has 120 valence electrons. The van der Waals surface area contributed by atoms with Crippen LogP contribution in [0.5, 0.6) is 5.75 Å². The average molecular weight is 292 g/mol. The maximum atomic E-state index is 6.00. The number of nitrogens with one attached hydrogen (secondary N) is 1. The molecule has 0 bridgehead atoms. The van der Waals surface area contributed by atoms with E-state index in [1.807, 2.05) is 6.07 Å². The van der Waals surface area contributed by atoms with Crippen molar-refractivity contribution in [2.24, 2.45) is 0 Å². The zero-order valence-electron chi connectivity index (χ0n) is 14.0. The molecule has 0 radical (unpaired) electrons. The fourth-order valence-corrected chi connectivity index (χ4v) is 2.28. The van der Waals surface area contributed by atoms with E-state index >= 15 is 0 Å². The molecule has 0 unspecified atom stereocenters. The second-order valence-corrected chi connectivity index (χ2v) is 5.42. The summed E-state index contributed by atoms with van der Waals surface area (Å²) in [6.45, 7) is 12.6. The monoisotopic (exact) mass is 292 g/mol. The summed E-state index contributed by atoms with van der Waals surface area (Å²) in [5, 5.41) is 3.44. The first-order valence-electron chi connectivity index (χ1n) is 8.45. The van der Waals surface area contributed by atoms with Crippen LogP contribution in [-0.4, -0.2) is 37.7 Å². The lowest BCUT2D eigenvalue weighted by Crippen LogP contribution is -2.29. The minimum absolute atomic E-state index is 0.766. The Morgan fingerprint density at radius 1 is 1.05 bits per heavy atom. The Bertz CT molecular complexity index is 368. The molecule has 3 heteroatoms. The second-order valence-electron chi connectivity index (χ2n) is 5.42.